The Morgan fingerprint density at radius 2 is 1.71 bits per heavy atom. The van der Waals surface area contributed by atoms with Crippen LogP contribution in [0.2, 0.25) is 0 Å². The lowest BCUT2D eigenvalue weighted by molar-refractivity contribution is -0.199. The SMILES string of the molecule is C=Cc1ccc(CCc2ccc3c(c2)CCC(C(F)(F)F)O3)cc1. The summed E-state index contributed by atoms with van der Waals surface area (Å²) in [6.45, 7) is 3.73. The van der Waals surface area contributed by atoms with E-state index in [0.717, 1.165) is 29.5 Å². The van der Waals surface area contributed by atoms with Gasteiger partial charge in [0.15, 0.2) is 6.10 Å². The molecule has 0 radical (unpaired) electrons. The molecule has 2 aromatic carbocycles. The van der Waals surface area contributed by atoms with E-state index in [1.165, 1.54) is 5.56 Å². The minimum absolute atomic E-state index is 0.0109. The van der Waals surface area contributed by atoms with Crippen LogP contribution in [0.5, 0.6) is 5.75 Å². The minimum Gasteiger partial charge on any atom is -0.481 e. The van der Waals surface area contributed by atoms with E-state index in [1.54, 1.807) is 6.07 Å². The number of hydrogen-bond acceptors (Lipinski definition) is 1. The van der Waals surface area contributed by atoms with Crippen molar-refractivity contribution in [3.63, 3.8) is 0 Å². The van der Waals surface area contributed by atoms with Crippen molar-refractivity contribution >= 4 is 6.08 Å². The fourth-order valence-electron chi connectivity index (χ4n) is 2.94. The summed E-state index contributed by atoms with van der Waals surface area (Å²) in [5, 5.41) is 0. The van der Waals surface area contributed by atoms with E-state index >= 15 is 0 Å². The Bertz CT molecular complexity index is 717. The summed E-state index contributed by atoms with van der Waals surface area (Å²) in [5.74, 6) is 0.364. The Labute approximate surface area is 139 Å². The first-order chi connectivity index (χ1) is 11.5. The molecule has 1 aliphatic heterocycles. The maximum Gasteiger partial charge on any atom is 0.425 e. The molecule has 0 spiro atoms. The average molecular weight is 332 g/mol. The van der Waals surface area contributed by atoms with Crippen molar-refractivity contribution in [2.45, 2.75) is 38.0 Å². The Balaban J connectivity index is 1.65. The summed E-state index contributed by atoms with van der Waals surface area (Å²) in [4.78, 5) is 0. The molecule has 126 valence electrons. The lowest BCUT2D eigenvalue weighted by atomic mass is 9.97. The van der Waals surface area contributed by atoms with E-state index in [0.29, 0.717) is 12.2 Å². The Morgan fingerprint density at radius 1 is 1.04 bits per heavy atom. The van der Waals surface area contributed by atoms with E-state index in [2.05, 4.69) is 18.7 Å². The van der Waals surface area contributed by atoms with Crippen molar-refractivity contribution in [2.24, 2.45) is 0 Å². The second-order valence-electron chi connectivity index (χ2n) is 6.07. The normalized spacial score (nSPS) is 17.0. The van der Waals surface area contributed by atoms with Gasteiger partial charge in [-0.25, -0.2) is 0 Å². The van der Waals surface area contributed by atoms with Crippen LogP contribution in [0.15, 0.2) is 49.0 Å². The predicted molar refractivity (Wildman–Crippen MR) is 89.2 cm³/mol. The number of rotatable bonds is 4. The molecule has 0 aliphatic carbocycles. The van der Waals surface area contributed by atoms with Gasteiger partial charge in [0.2, 0.25) is 0 Å². The molecule has 1 atom stereocenters. The van der Waals surface area contributed by atoms with E-state index in [-0.39, 0.29) is 6.42 Å². The van der Waals surface area contributed by atoms with Crippen LogP contribution in [0.3, 0.4) is 0 Å². The van der Waals surface area contributed by atoms with Gasteiger partial charge in [-0.2, -0.15) is 13.2 Å². The molecule has 0 fully saturated rings. The lowest BCUT2D eigenvalue weighted by Crippen LogP contribution is -2.37. The fourth-order valence-corrected chi connectivity index (χ4v) is 2.94. The molecule has 4 heteroatoms. The summed E-state index contributed by atoms with van der Waals surface area (Å²) in [5.41, 5.74) is 4.31. The molecule has 0 saturated heterocycles. The summed E-state index contributed by atoms with van der Waals surface area (Å²) in [6.07, 6.45) is -2.04. The van der Waals surface area contributed by atoms with Gasteiger partial charge in [-0.3, -0.25) is 0 Å². The third kappa shape index (κ3) is 3.81. The molecule has 0 bridgehead atoms. The highest BCUT2D eigenvalue weighted by Gasteiger charge is 2.43. The topological polar surface area (TPSA) is 9.23 Å². The van der Waals surface area contributed by atoms with Crippen molar-refractivity contribution in [1.29, 1.82) is 0 Å². The Kier molecular flexibility index (Phi) is 4.65. The minimum atomic E-state index is -4.30. The van der Waals surface area contributed by atoms with Crippen LogP contribution in [-0.4, -0.2) is 12.3 Å². The summed E-state index contributed by atoms with van der Waals surface area (Å²) in [6, 6.07) is 13.7. The monoisotopic (exact) mass is 332 g/mol. The highest BCUT2D eigenvalue weighted by atomic mass is 19.4. The molecule has 3 rings (SSSR count). The van der Waals surface area contributed by atoms with Crippen LogP contribution in [-0.2, 0) is 19.3 Å². The van der Waals surface area contributed by atoms with Gasteiger partial charge in [0.05, 0.1) is 0 Å². The summed E-state index contributed by atoms with van der Waals surface area (Å²) in [7, 11) is 0. The van der Waals surface area contributed by atoms with Crippen molar-refractivity contribution < 1.29 is 17.9 Å². The van der Waals surface area contributed by atoms with Gasteiger partial charge in [-0.05, 0) is 54.0 Å². The van der Waals surface area contributed by atoms with Crippen molar-refractivity contribution in [3.05, 3.63) is 71.3 Å². The Hall–Kier alpha value is -2.23. The highest BCUT2D eigenvalue weighted by molar-refractivity contribution is 5.47. The first kappa shape index (κ1) is 16.6. The zero-order chi connectivity index (χ0) is 17.2. The average Bonchev–Trinajstić information content (AvgIpc) is 2.59. The van der Waals surface area contributed by atoms with Crippen LogP contribution in [0.4, 0.5) is 13.2 Å². The molecule has 0 amide bonds. The van der Waals surface area contributed by atoms with Gasteiger partial charge in [0.1, 0.15) is 5.75 Å². The smallest absolute Gasteiger partial charge is 0.425 e. The van der Waals surface area contributed by atoms with E-state index in [9.17, 15) is 13.2 Å². The number of aryl methyl sites for hydroxylation is 3. The molecule has 2 aromatic rings. The standard InChI is InChI=1S/C20H19F3O/c1-2-14-3-5-15(6-4-14)7-8-16-9-11-18-17(13-16)10-12-19(24-18)20(21,22)23/h2-6,9,11,13,19H,1,7-8,10,12H2. The molecule has 0 aromatic heterocycles. The largest absolute Gasteiger partial charge is 0.481 e. The molecular weight excluding hydrogens is 313 g/mol. The van der Waals surface area contributed by atoms with Crippen LogP contribution in [0.25, 0.3) is 6.08 Å². The van der Waals surface area contributed by atoms with Gasteiger partial charge in [-0.15, -0.1) is 0 Å². The molecule has 1 heterocycles. The van der Waals surface area contributed by atoms with Crippen molar-refractivity contribution in [1.82, 2.24) is 0 Å². The van der Waals surface area contributed by atoms with Crippen LogP contribution < -0.4 is 4.74 Å². The third-order valence-corrected chi connectivity index (χ3v) is 4.35. The van der Waals surface area contributed by atoms with Gasteiger partial charge in [-0.1, -0.05) is 49.1 Å². The second kappa shape index (κ2) is 6.71. The van der Waals surface area contributed by atoms with Crippen LogP contribution in [0.1, 0.15) is 28.7 Å². The zero-order valence-corrected chi connectivity index (χ0v) is 13.3. The summed E-state index contributed by atoms with van der Waals surface area (Å²) >= 11 is 0. The molecule has 1 unspecified atom stereocenters. The molecule has 1 aliphatic rings. The van der Waals surface area contributed by atoms with Crippen molar-refractivity contribution in [2.75, 3.05) is 0 Å². The second-order valence-corrected chi connectivity index (χ2v) is 6.07. The number of fused-ring (bicyclic) bond motifs is 1. The molecule has 1 nitrogen and oxygen atoms in total. The predicted octanol–water partition coefficient (Wildman–Crippen LogP) is 5.37. The molecular formula is C20H19F3O. The lowest BCUT2D eigenvalue weighted by Gasteiger charge is -2.28. The number of alkyl halides is 3. The quantitative estimate of drug-likeness (QED) is 0.731. The summed E-state index contributed by atoms with van der Waals surface area (Å²) < 4.78 is 43.3. The van der Waals surface area contributed by atoms with E-state index in [1.807, 2.05) is 30.3 Å². The van der Waals surface area contributed by atoms with E-state index < -0.39 is 12.3 Å². The zero-order valence-electron chi connectivity index (χ0n) is 13.3. The van der Waals surface area contributed by atoms with Gasteiger partial charge in [0.25, 0.3) is 0 Å². The number of benzene rings is 2. The first-order valence-electron chi connectivity index (χ1n) is 8.02. The number of hydrogen-bond donors (Lipinski definition) is 0. The number of halogens is 3. The third-order valence-electron chi connectivity index (χ3n) is 4.35. The number of ether oxygens (including phenoxy) is 1. The van der Waals surface area contributed by atoms with E-state index in [4.69, 9.17) is 4.74 Å². The van der Waals surface area contributed by atoms with Crippen LogP contribution in [0, 0.1) is 0 Å². The highest BCUT2D eigenvalue weighted by Crippen LogP contribution is 2.35. The molecule has 0 saturated carbocycles. The molecule has 0 N–H and O–H groups in total. The van der Waals surface area contributed by atoms with Crippen LogP contribution >= 0.6 is 0 Å². The van der Waals surface area contributed by atoms with Gasteiger partial charge < -0.3 is 4.74 Å². The fraction of sp³-hybridized carbons (Fsp3) is 0.300. The Morgan fingerprint density at radius 3 is 2.38 bits per heavy atom. The van der Waals surface area contributed by atoms with Gasteiger partial charge >= 0.3 is 6.18 Å². The maximum atomic E-state index is 12.7. The van der Waals surface area contributed by atoms with Gasteiger partial charge in [0, 0.05) is 0 Å². The van der Waals surface area contributed by atoms with Crippen molar-refractivity contribution in [3.8, 4) is 5.75 Å². The first-order valence-corrected chi connectivity index (χ1v) is 8.02. The maximum absolute atomic E-state index is 12.7. The molecule has 24 heavy (non-hydrogen) atoms.